The number of anilines is 1. The van der Waals surface area contributed by atoms with Crippen LogP contribution in [0.25, 0.3) is 0 Å². The highest BCUT2D eigenvalue weighted by Gasteiger charge is 2.14. The third-order valence-electron chi connectivity index (χ3n) is 3.08. The zero-order chi connectivity index (χ0) is 13.4. The molecule has 0 spiro atoms. The van der Waals surface area contributed by atoms with Crippen molar-refractivity contribution >= 4 is 11.6 Å². The SMILES string of the molecule is CCCCC(CCC)NC(=O)c1ccccc1N. The van der Waals surface area contributed by atoms with Gasteiger partial charge in [-0.25, -0.2) is 0 Å². The number of nitrogen functional groups attached to an aromatic ring is 1. The predicted octanol–water partition coefficient (Wildman–Crippen LogP) is 3.36. The van der Waals surface area contributed by atoms with Crippen molar-refractivity contribution in [3.63, 3.8) is 0 Å². The van der Waals surface area contributed by atoms with Crippen LogP contribution in [0.4, 0.5) is 5.69 Å². The normalized spacial score (nSPS) is 12.1. The summed E-state index contributed by atoms with van der Waals surface area (Å²) in [5, 5.41) is 3.09. The topological polar surface area (TPSA) is 55.1 Å². The van der Waals surface area contributed by atoms with Gasteiger partial charge in [-0.1, -0.05) is 45.2 Å². The van der Waals surface area contributed by atoms with E-state index in [1.54, 1.807) is 12.1 Å². The standard InChI is InChI=1S/C15H24N2O/c1-3-5-9-12(8-4-2)17-15(18)13-10-6-7-11-14(13)16/h6-7,10-12H,3-5,8-9,16H2,1-2H3,(H,17,18). The number of hydrogen-bond acceptors (Lipinski definition) is 2. The van der Waals surface area contributed by atoms with Gasteiger partial charge in [-0.05, 0) is 25.0 Å². The van der Waals surface area contributed by atoms with Crippen LogP contribution in [-0.4, -0.2) is 11.9 Å². The average Bonchev–Trinajstić information content (AvgIpc) is 2.36. The van der Waals surface area contributed by atoms with Crippen molar-refractivity contribution in [3.05, 3.63) is 29.8 Å². The molecule has 0 radical (unpaired) electrons. The summed E-state index contributed by atoms with van der Waals surface area (Å²) >= 11 is 0. The minimum Gasteiger partial charge on any atom is -0.398 e. The van der Waals surface area contributed by atoms with Crippen LogP contribution in [0.2, 0.25) is 0 Å². The first-order valence-corrected chi connectivity index (χ1v) is 6.84. The molecule has 0 fully saturated rings. The van der Waals surface area contributed by atoms with Crippen molar-refractivity contribution < 1.29 is 4.79 Å². The van der Waals surface area contributed by atoms with Crippen molar-refractivity contribution in [3.8, 4) is 0 Å². The van der Waals surface area contributed by atoms with Crippen LogP contribution >= 0.6 is 0 Å². The minimum absolute atomic E-state index is 0.0531. The Morgan fingerprint density at radius 1 is 1.22 bits per heavy atom. The molecule has 0 aliphatic carbocycles. The largest absolute Gasteiger partial charge is 0.398 e. The molecule has 0 saturated heterocycles. The lowest BCUT2D eigenvalue weighted by Crippen LogP contribution is -2.35. The third-order valence-corrected chi connectivity index (χ3v) is 3.08. The van der Waals surface area contributed by atoms with Crippen molar-refractivity contribution in [2.45, 2.75) is 52.0 Å². The number of nitrogens with one attached hydrogen (secondary N) is 1. The molecule has 0 heterocycles. The van der Waals surface area contributed by atoms with E-state index in [9.17, 15) is 4.79 Å². The van der Waals surface area contributed by atoms with Crippen molar-refractivity contribution in [2.75, 3.05) is 5.73 Å². The van der Waals surface area contributed by atoms with E-state index in [1.165, 1.54) is 0 Å². The van der Waals surface area contributed by atoms with E-state index >= 15 is 0 Å². The fourth-order valence-electron chi connectivity index (χ4n) is 2.05. The number of amides is 1. The smallest absolute Gasteiger partial charge is 0.253 e. The number of rotatable bonds is 7. The van der Waals surface area contributed by atoms with Gasteiger partial charge in [-0.3, -0.25) is 4.79 Å². The molecule has 3 N–H and O–H groups in total. The monoisotopic (exact) mass is 248 g/mol. The summed E-state index contributed by atoms with van der Waals surface area (Å²) < 4.78 is 0. The molecule has 1 unspecified atom stereocenters. The molecule has 0 saturated carbocycles. The predicted molar refractivity (Wildman–Crippen MR) is 76.5 cm³/mol. The van der Waals surface area contributed by atoms with Crippen LogP contribution in [0, 0.1) is 0 Å². The van der Waals surface area contributed by atoms with E-state index in [-0.39, 0.29) is 11.9 Å². The first-order chi connectivity index (χ1) is 8.69. The second kappa shape index (κ2) is 7.75. The molecule has 3 heteroatoms. The van der Waals surface area contributed by atoms with E-state index < -0.39 is 0 Å². The molecule has 100 valence electrons. The lowest BCUT2D eigenvalue weighted by Gasteiger charge is -2.18. The molecule has 3 nitrogen and oxygen atoms in total. The molecule has 1 rings (SSSR count). The lowest BCUT2D eigenvalue weighted by atomic mass is 10.0. The van der Waals surface area contributed by atoms with Gasteiger partial charge in [0.05, 0.1) is 5.56 Å². The van der Waals surface area contributed by atoms with Crippen LogP contribution in [0.1, 0.15) is 56.3 Å². The van der Waals surface area contributed by atoms with Crippen LogP contribution in [0.5, 0.6) is 0 Å². The molecule has 0 aliphatic rings. The van der Waals surface area contributed by atoms with Gasteiger partial charge < -0.3 is 11.1 Å². The Balaban J connectivity index is 2.63. The lowest BCUT2D eigenvalue weighted by molar-refractivity contribution is 0.0933. The summed E-state index contributed by atoms with van der Waals surface area (Å²) in [7, 11) is 0. The van der Waals surface area contributed by atoms with Gasteiger partial charge in [0.2, 0.25) is 0 Å². The Hall–Kier alpha value is -1.51. The summed E-state index contributed by atoms with van der Waals surface area (Å²) in [4.78, 5) is 12.1. The molecule has 0 bridgehead atoms. The highest BCUT2D eigenvalue weighted by molar-refractivity contribution is 5.99. The number of para-hydroxylation sites is 1. The molecule has 1 amide bonds. The molecule has 0 aliphatic heterocycles. The number of carbonyl (C=O) groups excluding carboxylic acids is 1. The molecule has 1 atom stereocenters. The second-order valence-corrected chi connectivity index (χ2v) is 4.69. The van der Waals surface area contributed by atoms with Gasteiger partial charge in [0.25, 0.3) is 5.91 Å². The van der Waals surface area contributed by atoms with Gasteiger partial charge >= 0.3 is 0 Å². The molecule has 0 aromatic heterocycles. The van der Waals surface area contributed by atoms with E-state index in [1.807, 2.05) is 12.1 Å². The molecular formula is C15H24N2O. The Bertz CT molecular complexity index is 377. The number of carbonyl (C=O) groups is 1. The van der Waals surface area contributed by atoms with Crippen molar-refractivity contribution in [1.82, 2.24) is 5.32 Å². The van der Waals surface area contributed by atoms with Gasteiger partial charge in [0.1, 0.15) is 0 Å². The average molecular weight is 248 g/mol. The fourth-order valence-corrected chi connectivity index (χ4v) is 2.05. The van der Waals surface area contributed by atoms with E-state index in [2.05, 4.69) is 19.2 Å². The Labute approximate surface area is 110 Å². The highest BCUT2D eigenvalue weighted by atomic mass is 16.1. The van der Waals surface area contributed by atoms with Crippen LogP contribution in [-0.2, 0) is 0 Å². The van der Waals surface area contributed by atoms with Crippen LogP contribution in [0.15, 0.2) is 24.3 Å². The fraction of sp³-hybridized carbons (Fsp3) is 0.533. The van der Waals surface area contributed by atoms with Gasteiger partial charge in [0.15, 0.2) is 0 Å². The molecular weight excluding hydrogens is 224 g/mol. The third kappa shape index (κ3) is 4.40. The Morgan fingerprint density at radius 2 is 1.94 bits per heavy atom. The first kappa shape index (κ1) is 14.6. The van der Waals surface area contributed by atoms with Crippen LogP contribution < -0.4 is 11.1 Å². The number of hydrogen-bond donors (Lipinski definition) is 2. The second-order valence-electron chi connectivity index (χ2n) is 4.69. The first-order valence-electron chi connectivity index (χ1n) is 6.84. The summed E-state index contributed by atoms with van der Waals surface area (Å²) in [5.41, 5.74) is 6.93. The maximum atomic E-state index is 12.1. The van der Waals surface area contributed by atoms with Crippen LogP contribution in [0.3, 0.4) is 0 Å². The maximum absolute atomic E-state index is 12.1. The number of nitrogens with two attached hydrogens (primary N) is 1. The minimum atomic E-state index is -0.0531. The van der Waals surface area contributed by atoms with E-state index in [0.717, 1.165) is 32.1 Å². The Morgan fingerprint density at radius 3 is 2.56 bits per heavy atom. The maximum Gasteiger partial charge on any atom is 0.253 e. The molecule has 18 heavy (non-hydrogen) atoms. The zero-order valence-electron chi connectivity index (χ0n) is 11.4. The summed E-state index contributed by atoms with van der Waals surface area (Å²) in [6.45, 7) is 4.31. The van der Waals surface area contributed by atoms with Crippen molar-refractivity contribution in [1.29, 1.82) is 0 Å². The molecule has 1 aromatic carbocycles. The quantitative estimate of drug-likeness (QED) is 0.727. The van der Waals surface area contributed by atoms with Gasteiger partial charge in [-0.15, -0.1) is 0 Å². The summed E-state index contributed by atoms with van der Waals surface area (Å²) in [6.07, 6.45) is 5.46. The van der Waals surface area contributed by atoms with Gasteiger partial charge in [0, 0.05) is 11.7 Å². The number of unbranched alkanes of at least 4 members (excludes halogenated alkanes) is 1. The summed E-state index contributed by atoms with van der Waals surface area (Å²) in [6, 6.07) is 7.48. The van der Waals surface area contributed by atoms with Crippen molar-refractivity contribution in [2.24, 2.45) is 0 Å². The summed E-state index contributed by atoms with van der Waals surface area (Å²) in [5.74, 6) is -0.0531. The molecule has 1 aromatic rings. The van der Waals surface area contributed by atoms with E-state index in [4.69, 9.17) is 5.73 Å². The Kier molecular flexibility index (Phi) is 6.26. The number of benzene rings is 1. The van der Waals surface area contributed by atoms with E-state index in [0.29, 0.717) is 11.3 Å². The zero-order valence-corrected chi connectivity index (χ0v) is 11.4. The van der Waals surface area contributed by atoms with Gasteiger partial charge in [-0.2, -0.15) is 0 Å². The highest BCUT2D eigenvalue weighted by Crippen LogP contribution is 2.12.